The van der Waals surface area contributed by atoms with E-state index >= 15 is 0 Å². The fourth-order valence-electron chi connectivity index (χ4n) is 4.64. The quantitative estimate of drug-likeness (QED) is 0.408. The van der Waals surface area contributed by atoms with E-state index in [0.717, 1.165) is 11.1 Å². The lowest BCUT2D eigenvalue weighted by atomic mass is 9.74. The Morgan fingerprint density at radius 1 is 0.647 bits per heavy atom. The Labute approximate surface area is 200 Å². The maximum Gasteiger partial charge on any atom is 0.303 e. The van der Waals surface area contributed by atoms with Crippen LogP contribution in [0.4, 0.5) is 0 Å². The van der Waals surface area contributed by atoms with Gasteiger partial charge in [0, 0.05) is 35.1 Å². The fraction of sp³-hybridized carbons (Fsp3) is 0.429. The van der Waals surface area contributed by atoms with Gasteiger partial charge in [0.1, 0.15) is 0 Å². The molecule has 0 aliphatic heterocycles. The Morgan fingerprint density at radius 3 is 1.32 bits per heavy atom. The minimum atomic E-state index is -0.831. The molecule has 0 bridgehead atoms. The van der Waals surface area contributed by atoms with Gasteiger partial charge in [0.15, 0.2) is 11.6 Å². The molecule has 0 atom stereocenters. The number of hydrogen-bond acceptors (Lipinski definition) is 4. The van der Waals surface area contributed by atoms with Gasteiger partial charge in [-0.15, -0.1) is 0 Å². The van der Waals surface area contributed by atoms with Crippen LogP contribution in [0.2, 0.25) is 0 Å². The SMILES string of the molecule is CC(C)(CCCC(=O)O)c1ccc2c(c1)C(=O)c1ccc(C(C)(C)CCCC(=O)O)cc1C2=O. The fourth-order valence-corrected chi connectivity index (χ4v) is 4.64. The number of rotatable bonds is 10. The lowest BCUT2D eigenvalue weighted by Crippen LogP contribution is -2.25. The van der Waals surface area contributed by atoms with E-state index in [1.165, 1.54) is 0 Å². The van der Waals surface area contributed by atoms with Gasteiger partial charge in [0.25, 0.3) is 0 Å². The zero-order valence-electron chi connectivity index (χ0n) is 20.2. The minimum Gasteiger partial charge on any atom is -0.481 e. The van der Waals surface area contributed by atoms with Crippen LogP contribution >= 0.6 is 0 Å². The Balaban J connectivity index is 1.90. The molecule has 2 N–H and O–H groups in total. The van der Waals surface area contributed by atoms with Gasteiger partial charge in [0.05, 0.1) is 0 Å². The molecule has 0 amide bonds. The van der Waals surface area contributed by atoms with E-state index in [1.54, 1.807) is 24.3 Å². The highest BCUT2D eigenvalue weighted by atomic mass is 16.4. The van der Waals surface area contributed by atoms with E-state index in [-0.39, 0.29) is 35.2 Å². The van der Waals surface area contributed by atoms with Crippen molar-refractivity contribution in [3.05, 3.63) is 69.8 Å². The molecule has 0 heterocycles. The second-order valence-corrected chi connectivity index (χ2v) is 10.4. The van der Waals surface area contributed by atoms with Crippen molar-refractivity contribution < 1.29 is 29.4 Å². The zero-order chi connectivity index (χ0) is 25.3. The van der Waals surface area contributed by atoms with Crippen LogP contribution in [0.25, 0.3) is 0 Å². The predicted octanol–water partition coefficient (Wildman–Crippen LogP) is 5.53. The molecule has 0 fully saturated rings. The zero-order valence-corrected chi connectivity index (χ0v) is 20.2. The summed E-state index contributed by atoms with van der Waals surface area (Å²) in [5.74, 6) is -2.04. The number of hydrogen-bond donors (Lipinski definition) is 2. The molecule has 0 spiro atoms. The van der Waals surface area contributed by atoms with Crippen LogP contribution in [0.15, 0.2) is 36.4 Å². The second-order valence-electron chi connectivity index (χ2n) is 10.4. The van der Waals surface area contributed by atoms with Gasteiger partial charge in [-0.25, -0.2) is 0 Å². The first-order valence-electron chi connectivity index (χ1n) is 11.7. The molecular weight excluding hydrogens is 432 g/mol. The highest BCUT2D eigenvalue weighted by molar-refractivity contribution is 6.28. The maximum absolute atomic E-state index is 13.3. The summed E-state index contributed by atoms with van der Waals surface area (Å²) in [6.45, 7) is 8.05. The molecule has 0 unspecified atom stereocenters. The number of carbonyl (C=O) groups is 4. The number of ketones is 2. The van der Waals surface area contributed by atoms with Gasteiger partial charge in [-0.05, 0) is 71.9 Å². The molecule has 0 saturated carbocycles. The highest BCUT2D eigenvalue weighted by Gasteiger charge is 2.33. The van der Waals surface area contributed by atoms with Crippen molar-refractivity contribution in [2.75, 3.05) is 0 Å². The Kier molecular flexibility index (Phi) is 7.10. The van der Waals surface area contributed by atoms with Crippen molar-refractivity contribution in [3.63, 3.8) is 0 Å². The molecule has 6 heteroatoms. The number of benzene rings is 2. The lowest BCUT2D eigenvalue weighted by molar-refractivity contribution is -0.138. The number of fused-ring (bicyclic) bond motifs is 2. The van der Waals surface area contributed by atoms with Gasteiger partial charge in [-0.3, -0.25) is 19.2 Å². The first-order chi connectivity index (χ1) is 15.8. The molecule has 34 heavy (non-hydrogen) atoms. The summed E-state index contributed by atoms with van der Waals surface area (Å²) in [5, 5.41) is 17.8. The number of carboxylic acids is 2. The van der Waals surface area contributed by atoms with Crippen LogP contribution < -0.4 is 0 Å². The van der Waals surface area contributed by atoms with Gasteiger partial charge in [-0.1, -0.05) is 39.8 Å². The summed E-state index contributed by atoms with van der Waals surface area (Å²) in [6.07, 6.45) is 2.54. The summed E-state index contributed by atoms with van der Waals surface area (Å²) in [5.41, 5.74) is 2.65. The van der Waals surface area contributed by atoms with Crippen molar-refractivity contribution in [2.24, 2.45) is 0 Å². The van der Waals surface area contributed by atoms with E-state index in [1.807, 2.05) is 39.8 Å². The largest absolute Gasteiger partial charge is 0.481 e. The van der Waals surface area contributed by atoms with E-state index in [0.29, 0.717) is 47.9 Å². The smallest absolute Gasteiger partial charge is 0.303 e. The van der Waals surface area contributed by atoms with E-state index < -0.39 is 11.9 Å². The standard InChI is InChI=1S/C28H32O6/c1-27(2,13-5-7-23(29)30)17-9-11-19-21(15-17)25(33)20-12-10-18(16-22(20)26(19)34)28(3,4)14-6-8-24(31)32/h9-12,15-16H,5-8,13-14H2,1-4H3,(H,29,30)(H,31,32). The number of carboxylic acid groups (broad SMARTS) is 2. The summed E-state index contributed by atoms with van der Waals surface area (Å²) >= 11 is 0. The average Bonchev–Trinajstić information content (AvgIpc) is 2.76. The normalized spacial score (nSPS) is 13.4. The summed E-state index contributed by atoms with van der Waals surface area (Å²) in [6, 6.07) is 10.7. The molecule has 0 saturated heterocycles. The predicted molar refractivity (Wildman–Crippen MR) is 129 cm³/mol. The van der Waals surface area contributed by atoms with Crippen molar-refractivity contribution >= 4 is 23.5 Å². The lowest BCUT2D eigenvalue weighted by Gasteiger charge is -2.29. The molecule has 180 valence electrons. The van der Waals surface area contributed by atoms with Crippen LogP contribution in [0.5, 0.6) is 0 Å². The van der Waals surface area contributed by atoms with Crippen LogP contribution in [-0.2, 0) is 20.4 Å². The monoisotopic (exact) mass is 464 g/mol. The van der Waals surface area contributed by atoms with Crippen LogP contribution in [-0.4, -0.2) is 33.7 Å². The van der Waals surface area contributed by atoms with Gasteiger partial charge in [-0.2, -0.15) is 0 Å². The molecule has 2 aromatic rings. The summed E-state index contributed by atoms with van der Waals surface area (Å²) in [4.78, 5) is 48.4. The minimum absolute atomic E-state index is 0.0914. The Morgan fingerprint density at radius 2 is 1.00 bits per heavy atom. The summed E-state index contributed by atoms with van der Waals surface area (Å²) < 4.78 is 0. The molecule has 1 aliphatic carbocycles. The van der Waals surface area contributed by atoms with Crippen LogP contribution in [0.3, 0.4) is 0 Å². The topological polar surface area (TPSA) is 109 Å². The van der Waals surface area contributed by atoms with E-state index in [9.17, 15) is 19.2 Å². The Hall–Kier alpha value is -3.28. The van der Waals surface area contributed by atoms with Gasteiger partial charge >= 0.3 is 11.9 Å². The first-order valence-corrected chi connectivity index (χ1v) is 11.7. The molecule has 3 rings (SSSR count). The molecular formula is C28H32O6. The van der Waals surface area contributed by atoms with Crippen molar-refractivity contribution in [1.82, 2.24) is 0 Å². The Bertz CT molecular complexity index is 1060. The molecule has 6 nitrogen and oxygen atoms in total. The van der Waals surface area contributed by atoms with E-state index in [4.69, 9.17) is 10.2 Å². The van der Waals surface area contributed by atoms with Crippen molar-refractivity contribution in [2.45, 2.75) is 77.0 Å². The van der Waals surface area contributed by atoms with Gasteiger partial charge < -0.3 is 10.2 Å². The van der Waals surface area contributed by atoms with Crippen LogP contribution in [0.1, 0.15) is 109 Å². The van der Waals surface area contributed by atoms with Crippen molar-refractivity contribution in [3.8, 4) is 0 Å². The molecule has 2 aromatic carbocycles. The number of carbonyl (C=O) groups excluding carboxylic acids is 2. The molecule has 0 aromatic heterocycles. The maximum atomic E-state index is 13.3. The van der Waals surface area contributed by atoms with E-state index in [2.05, 4.69) is 0 Å². The molecule has 1 aliphatic rings. The number of aliphatic carboxylic acids is 2. The summed E-state index contributed by atoms with van der Waals surface area (Å²) in [7, 11) is 0. The third-order valence-electron chi connectivity index (χ3n) is 6.97. The third kappa shape index (κ3) is 5.27. The highest BCUT2D eigenvalue weighted by Crippen LogP contribution is 2.36. The average molecular weight is 465 g/mol. The third-order valence-corrected chi connectivity index (χ3v) is 6.97. The van der Waals surface area contributed by atoms with Crippen molar-refractivity contribution in [1.29, 1.82) is 0 Å². The second kappa shape index (κ2) is 9.53. The first kappa shape index (κ1) is 25.3. The van der Waals surface area contributed by atoms with Crippen LogP contribution in [0, 0.1) is 0 Å². The molecule has 0 radical (unpaired) electrons. The van der Waals surface area contributed by atoms with Gasteiger partial charge in [0.2, 0.25) is 0 Å².